The van der Waals surface area contributed by atoms with E-state index in [0.717, 1.165) is 25.7 Å². The number of hydrogen-bond donors (Lipinski definition) is 1. The van der Waals surface area contributed by atoms with Crippen LogP contribution in [-0.2, 0) is 10.0 Å². The fraction of sp³-hybridized carbons (Fsp3) is 0.500. The highest BCUT2D eigenvalue weighted by Gasteiger charge is 2.49. The number of nitrogens with zero attached hydrogens (tertiary/aromatic N) is 2. The fourth-order valence-corrected chi connectivity index (χ4v) is 5.45. The first-order chi connectivity index (χ1) is 11.9. The molecular weight excluding hydrogens is 340 g/mol. The normalized spacial score (nSPS) is 23.5. The van der Waals surface area contributed by atoms with E-state index >= 15 is 0 Å². The summed E-state index contributed by atoms with van der Waals surface area (Å²) in [4.78, 5) is 0.296. The Morgan fingerprint density at radius 3 is 2.80 bits per heavy atom. The predicted molar refractivity (Wildman–Crippen MR) is 92.3 cm³/mol. The van der Waals surface area contributed by atoms with E-state index in [1.54, 1.807) is 25.1 Å². The summed E-state index contributed by atoms with van der Waals surface area (Å²) in [6.07, 6.45) is 4.78. The van der Waals surface area contributed by atoms with Crippen LogP contribution >= 0.6 is 0 Å². The van der Waals surface area contributed by atoms with Gasteiger partial charge in [0.05, 0.1) is 16.7 Å². The van der Waals surface area contributed by atoms with Gasteiger partial charge in [-0.1, -0.05) is 17.3 Å². The van der Waals surface area contributed by atoms with Crippen molar-refractivity contribution in [3.05, 3.63) is 36.0 Å². The van der Waals surface area contributed by atoms with Gasteiger partial charge in [0.25, 0.3) is 0 Å². The Labute approximate surface area is 147 Å². The van der Waals surface area contributed by atoms with E-state index in [-0.39, 0.29) is 5.92 Å². The summed E-state index contributed by atoms with van der Waals surface area (Å²) in [5.74, 6) is 0.578. The summed E-state index contributed by atoms with van der Waals surface area (Å²) in [5.41, 5.74) is 0.747. The molecule has 2 aliphatic rings. The lowest BCUT2D eigenvalue weighted by atomic mass is 9.92. The lowest BCUT2D eigenvalue weighted by Crippen LogP contribution is -2.44. The minimum absolute atomic E-state index is 0.0359. The molecule has 1 saturated heterocycles. The second-order valence-corrected chi connectivity index (χ2v) is 9.07. The summed E-state index contributed by atoms with van der Waals surface area (Å²) in [7, 11) is -3.61. The number of aliphatic hydroxyl groups is 1. The van der Waals surface area contributed by atoms with Gasteiger partial charge in [-0.05, 0) is 44.2 Å². The maximum absolute atomic E-state index is 13.2. The molecule has 2 heterocycles. The predicted octanol–water partition coefficient (Wildman–Crippen LogP) is 2.58. The van der Waals surface area contributed by atoms with Crippen LogP contribution in [0.15, 0.2) is 39.9 Å². The molecule has 0 radical (unpaired) electrons. The molecule has 0 amide bonds. The molecule has 134 valence electrons. The van der Waals surface area contributed by atoms with Crippen molar-refractivity contribution in [3.8, 4) is 11.3 Å². The number of benzene rings is 1. The minimum Gasteiger partial charge on any atom is -0.390 e. The SMILES string of the molecule is Cc1ccc(-c2ccno2)cc1S(=O)(=O)N1CCCC(C2(O)CC2)C1. The molecule has 1 atom stereocenters. The summed E-state index contributed by atoms with van der Waals surface area (Å²) in [6.45, 7) is 2.69. The Balaban J connectivity index is 1.66. The highest BCUT2D eigenvalue weighted by atomic mass is 32.2. The number of aromatic nitrogens is 1. The molecule has 2 fully saturated rings. The van der Waals surface area contributed by atoms with Crippen molar-refractivity contribution >= 4 is 10.0 Å². The molecule has 0 bridgehead atoms. The van der Waals surface area contributed by atoms with Crippen LogP contribution in [-0.4, -0.2) is 41.7 Å². The number of rotatable bonds is 4. The lowest BCUT2D eigenvalue weighted by molar-refractivity contribution is 0.0514. The topological polar surface area (TPSA) is 83.6 Å². The first-order valence-corrected chi connectivity index (χ1v) is 10.1. The van der Waals surface area contributed by atoms with E-state index in [1.807, 2.05) is 6.07 Å². The molecular formula is C18H22N2O4S. The van der Waals surface area contributed by atoms with Gasteiger partial charge in [-0.2, -0.15) is 4.31 Å². The van der Waals surface area contributed by atoms with E-state index in [1.165, 1.54) is 10.5 Å². The first kappa shape index (κ1) is 16.8. The van der Waals surface area contributed by atoms with Gasteiger partial charge in [0.15, 0.2) is 5.76 Å². The summed E-state index contributed by atoms with van der Waals surface area (Å²) in [6, 6.07) is 6.99. The summed E-state index contributed by atoms with van der Waals surface area (Å²) in [5, 5.41) is 14.1. The number of hydrogen-bond acceptors (Lipinski definition) is 5. The summed E-state index contributed by atoms with van der Waals surface area (Å²) < 4.78 is 33.1. The Bertz CT molecular complexity index is 872. The molecule has 0 spiro atoms. The van der Waals surface area contributed by atoms with Crippen molar-refractivity contribution in [2.24, 2.45) is 5.92 Å². The van der Waals surface area contributed by atoms with Gasteiger partial charge in [-0.15, -0.1) is 0 Å². The third-order valence-corrected chi connectivity index (χ3v) is 7.44. The maximum Gasteiger partial charge on any atom is 0.243 e. The molecule has 6 nitrogen and oxygen atoms in total. The van der Waals surface area contributed by atoms with Crippen LogP contribution in [0.4, 0.5) is 0 Å². The number of piperidine rings is 1. The van der Waals surface area contributed by atoms with Gasteiger partial charge < -0.3 is 9.63 Å². The van der Waals surface area contributed by atoms with Crippen molar-refractivity contribution in [1.29, 1.82) is 0 Å². The smallest absolute Gasteiger partial charge is 0.243 e. The molecule has 1 aromatic carbocycles. The zero-order chi connectivity index (χ0) is 17.7. The van der Waals surface area contributed by atoms with E-state index in [2.05, 4.69) is 5.16 Å². The molecule has 25 heavy (non-hydrogen) atoms. The minimum atomic E-state index is -3.61. The van der Waals surface area contributed by atoms with Crippen molar-refractivity contribution in [2.45, 2.75) is 43.1 Å². The van der Waals surface area contributed by atoms with Gasteiger partial charge in [-0.25, -0.2) is 8.42 Å². The molecule has 1 N–H and O–H groups in total. The van der Waals surface area contributed by atoms with Gasteiger partial charge >= 0.3 is 0 Å². The largest absolute Gasteiger partial charge is 0.390 e. The van der Waals surface area contributed by atoms with Crippen LogP contribution in [0, 0.1) is 12.8 Å². The van der Waals surface area contributed by atoms with E-state index < -0.39 is 15.6 Å². The number of sulfonamides is 1. The molecule has 7 heteroatoms. The van der Waals surface area contributed by atoms with Gasteiger partial charge in [-0.3, -0.25) is 0 Å². The number of aryl methyl sites for hydroxylation is 1. The van der Waals surface area contributed by atoms with Crippen LogP contribution in [0.2, 0.25) is 0 Å². The standard InChI is InChI=1S/C18H22N2O4S/c1-13-4-5-14(16-6-9-19-24-16)11-17(13)25(22,23)20-10-2-3-15(12-20)18(21)7-8-18/h4-6,9,11,15,21H,2-3,7-8,10,12H2,1H3. The van der Waals surface area contributed by atoms with E-state index in [0.29, 0.717) is 34.9 Å². The Morgan fingerprint density at radius 2 is 2.12 bits per heavy atom. The monoisotopic (exact) mass is 362 g/mol. The zero-order valence-electron chi connectivity index (χ0n) is 14.2. The van der Waals surface area contributed by atoms with Crippen molar-refractivity contribution in [2.75, 3.05) is 13.1 Å². The first-order valence-electron chi connectivity index (χ1n) is 8.64. The van der Waals surface area contributed by atoms with E-state index in [9.17, 15) is 13.5 Å². The molecule has 1 aliphatic heterocycles. The highest BCUT2D eigenvalue weighted by molar-refractivity contribution is 7.89. The van der Waals surface area contributed by atoms with Crippen LogP contribution in [0.1, 0.15) is 31.2 Å². The molecule has 1 saturated carbocycles. The fourth-order valence-electron chi connectivity index (χ4n) is 3.67. The lowest BCUT2D eigenvalue weighted by Gasteiger charge is -2.34. The van der Waals surface area contributed by atoms with E-state index in [4.69, 9.17) is 4.52 Å². The Hall–Kier alpha value is -1.70. The highest BCUT2D eigenvalue weighted by Crippen LogP contribution is 2.46. The second kappa shape index (κ2) is 5.93. The van der Waals surface area contributed by atoms with Crippen LogP contribution in [0.5, 0.6) is 0 Å². The van der Waals surface area contributed by atoms with Crippen LogP contribution in [0.3, 0.4) is 0 Å². The zero-order valence-corrected chi connectivity index (χ0v) is 15.0. The molecule has 1 unspecified atom stereocenters. The average Bonchev–Trinajstić information content (AvgIpc) is 3.13. The quantitative estimate of drug-likeness (QED) is 0.904. The van der Waals surface area contributed by atoms with Crippen molar-refractivity contribution in [3.63, 3.8) is 0 Å². The third kappa shape index (κ3) is 3.01. The Morgan fingerprint density at radius 1 is 1.32 bits per heavy atom. The third-order valence-electron chi connectivity index (χ3n) is 5.43. The molecule has 2 aromatic rings. The van der Waals surface area contributed by atoms with Gasteiger partial charge in [0, 0.05) is 30.6 Å². The maximum atomic E-state index is 13.2. The average molecular weight is 362 g/mol. The van der Waals surface area contributed by atoms with Crippen LogP contribution in [0.25, 0.3) is 11.3 Å². The second-order valence-electron chi connectivity index (χ2n) is 7.16. The van der Waals surface area contributed by atoms with Gasteiger partial charge in [0.1, 0.15) is 0 Å². The van der Waals surface area contributed by atoms with Crippen molar-refractivity contribution < 1.29 is 18.0 Å². The Kier molecular flexibility index (Phi) is 3.97. The van der Waals surface area contributed by atoms with Crippen molar-refractivity contribution in [1.82, 2.24) is 9.46 Å². The summed E-state index contributed by atoms with van der Waals surface area (Å²) >= 11 is 0. The van der Waals surface area contributed by atoms with Gasteiger partial charge in [0.2, 0.25) is 10.0 Å². The molecule has 1 aliphatic carbocycles. The molecule has 4 rings (SSSR count). The van der Waals surface area contributed by atoms with Crippen LogP contribution < -0.4 is 0 Å². The molecule has 1 aromatic heterocycles.